The van der Waals surface area contributed by atoms with E-state index in [1.165, 1.54) is 0 Å². The minimum atomic E-state index is -0.615. The number of rotatable bonds is 7. The number of aromatic amines is 1. The Bertz CT molecular complexity index is 1030. The lowest BCUT2D eigenvalue weighted by atomic mass is 9.88. The second-order valence-corrected chi connectivity index (χ2v) is 6.97. The first-order valence-electron chi connectivity index (χ1n) is 9.72. The summed E-state index contributed by atoms with van der Waals surface area (Å²) in [7, 11) is 1.63. The molecule has 150 valence electrons. The fraction of sp³-hybridized carbons (Fsp3) is 0.304. The van der Waals surface area contributed by atoms with E-state index in [0.29, 0.717) is 19.8 Å². The van der Waals surface area contributed by atoms with Crippen molar-refractivity contribution in [1.82, 2.24) is 4.98 Å². The lowest BCUT2D eigenvalue weighted by Gasteiger charge is -2.25. The quantitative estimate of drug-likeness (QED) is 0.620. The molecule has 6 nitrogen and oxygen atoms in total. The topological polar surface area (TPSA) is 72.9 Å². The summed E-state index contributed by atoms with van der Waals surface area (Å²) in [5.41, 5.74) is 3.98. The Balaban J connectivity index is 1.67. The number of esters is 1. The highest BCUT2D eigenvalue weighted by Gasteiger charge is 2.36. The van der Waals surface area contributed by atoms with Gasteiger partial charge in [0.1, 0.15) is 12.4 Å². The van der Waals surface area contributed by atoms with E-state index >= 15 is 0 Å². The number of hydrogen-bond donors (Lipinski definition) is 1. The lowest BCUT2D eigenvalue weighted by Crippen LogP contribution is -2.34. The van der Waals surface area contributed by atoms with Crippen LogP contribution in [-0.2, 0) is 20.9 Å². The minimum absolute atomic E-state index is 0.225. The molecule has 2 aromatic carbocycles. The van der Waals surface area contributed by atoms with Crippen LogP contribution in [0.15, 0.2) is 53.5 Å². The molecule has 0 bridgehead atoms. The van der Waals surface area contributed by atoms with Crippen LogP contribution in [0.25, 0.3) is 10.9 Å². The fourth-order valence-corrected chi connectivity index (χ4v) is 3.77. The third-order valence-electron chi connectivity index (χ3n) is 5.08. The number of methoxy groups -OCH3 is 1. The Labute approximate surface area is 169 Å². The molecular formula is C23H24N2O4. The molecule has 0 amide bonds. The van der Waals surface area contributed by atoms with Gasteiger partial charge >= 0.3 is 5.97 Å². The number of benzene rings is 2. The van der Waals surface area contributed by atoms with Gasteiger partial charge in [-0.3, -0.25) is 4.99 Å². The Morgan fingerprint density at radius 2 is 2.00 bits per heavy atom. The van der Waals surface area contributed by atoms with Gasteiger partial charge in [-0.05, 0) is 36.2 Å². The molecular weight excluding hydrogens is 368 g/mol. The van der Waals surface area contributed by atoms with Crippen LogP contribution in [0, 0.1) is 0 Å². The molecule has 0 radical (unpaired) electrons. The lowest BCUT2D eigenvalue weighted by molar-refractivity contribution is -0.145. The highest BCUT2D eigenvalue weighted by molar-refractivity contribution is 5.98. The van der Waals surface area contributed by atoms with E-state index in [1.54, 1.807) is 20.2 Å². The number of nitrogens with one attached hydrogen (secondary N) is 1. The van der Waals surface area contributed by atoms with E-state index in [2.05, 4.69) is 9.98 Å². The summed E-state index contributed by atoms with van der Waals surface area (Å²) in [6.45, 7) is 2.98. The average Bonchev–Trinajstić information content (AvgIpc) is 3.12. The van der Waals surface area contributed by atoms with Gasteiger partial charge in [0.05, 0.1) is 18.9 Å². The first-order valence-corrected chi connectivity index (χ1v) is 9.72. The van der Waals surface area contributed by atoms with Gasteiger partial charge in [-0.15, -0.1) is 0 Å². The maximum atomic E-state index is 12.5. The zero-order valence-electron chi connectivity index (χ0n) is 16.6. The van der Waals surface area contributed by atoms with Gasteiger partial charge in [-0.1, -0.05) is 30.3 Å². The smallest absolute Gasteiger partial charge is 0.331 e. The van der Waals surface area contributed by atoms with Crippen LogP contribution >= 0.6 is 0 Å². The molecule has 0 aliphatic carbocycles. The van der Waals surface area contributed by atoms with Crippen LogP contribution in [0.4, 0.5) is 0 Å². The number of aromatic nitrogens is 1. The van der Waals surface area contributed by atoms with Crippen molar-refractivity contribution in [2.45, 2.75) is 25.5 Å². The molecule has 1 aliphatic rings. The van der Waals surface area contributed by atoms with Crippen molar-refractivity contribution in [3.63, 3.8) is 0 Å². The largest absolute Gasteiger partial charge is 0.489 e. The molecule has 1 aromatic heterocycles. The van der Waals surface area contributed by atoms with E-state index in [4.69, 9.17) is 14.2 Å². The molecule has 0 saturated carbocycles. The minimum Gasteiger partial charge on any atom is -0.489 e. The zero-order chi connectivity index (χ0) is 20.2. The van der Waals surface area contributed by atoms with Crippen molar-refractivity contribution in [2.24, 2.45) is 4.99 Å². The average molecular weight is 392 g/mol. The number of ether oxygens (including phenoxy) is 3. The van der Waals surface area contributed by atoms with Gasteiger partial charge in [0.15, 0.2) is 6.04 Å². The second kappa shape index (κ2) is 8.49. The standard InChI is InChI=1S/C23H24N2O4/c1-3-28-23(26)22-18(14-27-2)21-17-11-16(29-13-15-7-5-4-6-8-15)9-10-19(17)25-20(21)12-24-22/h4-12,18,22,25H,3,13-14H2,1-2H3. The van der Waals surface area contributed by atoms with Crippen LogP contribution < -0.4 is 4.74 Å². The summed E-state index contributed by atoms with van der Waals surface area (Å²) in [5.74, 6) is 0.217. The van der Waals surface area contributed by atoms with E-state index < -0.39 is 6.04 Å². The molecule has 29 heavy (non-hydrogen) atoms. The molecule has 1 aliphatic heterocycles. The van der Waals surface area contributed by atoms with Crippen LogP contribution in [0.2, 0.25) is 0 Å². The summed E-state index contributed by atoms with van der Waals surface area (Å²) in [4.78, 5) is 20.3. The molecule has 2 unspecified atom stereocenters. The monoisotopic (exact) mass is 392 g/mol. The summed E-state index contributed by atoms with van der Waals surface area (Å²) < 4.78 is 16.7. The van der Waals surface area contributed by atoms with Crippen molar-refractivity contribution in [1.29, 1.82) is 0 Å². The second-order valence-electron chi connectivity index (χ2n) is 6.97. The number of H-pyrrole nitrogens is 1. The van der Waals surface area contributed by atoms with E-state index in [9.17, 15) is 4.79 Å². The summed E-state index contributed by atoms with van der Waals surface area (Å²) >= 11 is 0. The predicted molar refractivity (Wildman–Crippen MR) is 112 cm³/mol. The molecule has 3 aromatic rings. The molecule has 2 atom stereocenters. The van der Waals surface area contributed by atoms with E-state index in [0.717, 1.165) is 33.5 Å². The molecule has 1 N–H and O–H groups in total. The molecule has 4 rings (SSSR count). The third-order valence-corrected chi connectivity index (χ3v) is 5.08. The van der Waals surface area contributed by atoms with Crippen molar-refractivity contribution in [3.8, 4) is 5.75 Å². The van der Waals surface area contributed by atoms with E-state index in [-0.39, 0.29) is 11.9 Å². The molecule has 0 spiro atoms. The van der Waals surface area contributed by atoms with Crippen LogP contribution in [-0.4, -0.2) is 43.5 Å². The Morgan fingerprint density at radius 1 is 1.17 bits per heavy atom. The van der Waals surface area contributed by atoms with Gasteiger partial charge in [0, 0.05) is 30.1 Å². The molecule has 0 saturated heterocycles. The highest BCUT2D eigenvalue weighted by atomic mass is 16.5. The number of nitrogens with zero attached hydrogens (tertiary/aromatic N) is 1. The Kier molecular flexibility index (Phi) is 5.62. The Hall–Kier alpha value is -3.12. The number of fused-ring (bicyclic) bond motifs is 3. The van der Waals surface area contributed by atoms with Crippen molar-refractivity contribution < 1.29 is 19.0 Å². The number of aliphatic imine (C=N–C) groups is 1. The van der Waals surface area contributed by atoms with Crippen LogP contribution in [0.1, 0.15) is 29.7 Å². The zero-order valence-corrected chi connectivity index (χ0v) is 16.6. The van der Waals surface area contributed by atoms with E-state index in [1.807, 2.05) is 48.5 Å². The van der Waals surface area contributed by atoms with Crippen molar-refractivity contribution >= 4 is 23.1 Å². The summed E-state index contributed by atoms with van der Waals surface area (Å²) in [5, 5.41) is 1.01. The molecule has 2 heterocycles. The number of carbonyl (C=O) groups is 1. The number of hydrogen-bond acceptors (Lipinski definition) is 5. The Morgan fingerprint density at radius 3 is 2.76 bits per heavy atom. The number of carbonyl (C=O) groups excluding carboxylic acids is 1. The maximum Gasteiger partial charge on any atom is 0.331 e. The van der Waals surface area contributed by atoms with Gasteiger partial charge < -0.3 is 19.2 Å². The highest BCUT2D eigenvalue weighted by Crippen LogP contribution is 2.37. The fourth-order valence-electron chi connectivity index (χ4n) is 3.77. The maximum absolute atomic E-state index is 12.5. The van der Waals surface area contributed by atoms with Crippen LogP contribution in [0.3, 0.4) is 0 Å². The molecule has 0 fully saturated rings. The van der Waals surface area contributed by atoms with Crippen molar-refractivity contribution in [3.05, 3.63) is 65.4 Å². The molecule has 6 heteroatoms. The van der Waals surface area contributed by atoms with Gasteiger partial charge in [0.25, 0.3) is 0 Å². The van der Waals surface area contributed by atoms with Gasteiger partial charge in [0.2, 0.25) is 0 Å². The first-order chi connectivity index (χ1) is 14.2. The summed E-state index contributed by atoms with van der Waals surface area (Å²) in [6.07, 6.45) is 1.72. The van der Waals surface area contributed by atoms with Gasteiger partial charge in [-0.2, -0.15) is 0 Å². The summed E-state index contributed by atoms with van der Waals surface area (Å²) in [6, 6.07) is 15.4. The predicted octanol–water partition coefficient (Wildman–Crippen LogP) is 3.84. The SMILES string of the molecule is CCOC(=O)C1N=Cc2[nH]c3ccc(OCc4ccccc4)cc3c2C1COC. The van der Waals surface area contributed by atoms with Crippen molar-refractivity contribution in [2.75, 3.05) is 20.3 Å². The third kappa shape index (κ3) is 3.89. The van der Waals surface area contributed by atoms with Crippen LogP contribution in [0.5, 0.6) is 5.75 Å². The normalized spacial score (nSPS) is 17.9. The van der Waals surface area contributed by atoms with Gasteiger partial charge in [-0.25, -0.2) is 4.79 Å². The first kappa shape index (κ1) is 19.2.